The third-order valence-corrected chi connectivity index (χ3v) is 7.26. The molecule has 0 saturated heterocycles. The zero-order chi connectivity index (χ0) is 30.9. The molecule has 0 bridgehead atoms. The van der Waals surface area contributed by atoms with Crippen molar-refractivity contribution in [3.63, 3.8) is 0 Å². The van der Waals surface area contributed by atoms with Gasteiger partial charge in [-0.15, -0.1) is 15.3 Å². The highest BCUT2D eigenvalue weighted by Gasteiger charge is 2.21. The van der Waals surface area contributed by atoms with E-state index in [4.69, 9.17) is 11.6 Å². The quantitative estimate of drug-likeness (QED) is 0.190. The number of benzene rings is 3. The summed E-state index contributed by atoms with van der Waals surface area (Å²) in [5.74, 6) is -0.882. The average Bonchev–Trinajstić information content (AvgIpc) is 3.74. The van der Waals surface area contributed by atoms with Crippen LogP contribution in [0.4, 0.5) is 15.6 Å². The summed E-state index contributed by atoms with van der Waals surface area (Å²) in [5, 5.41) is 28.7. The van der Waals surface area contributed by atoms with Gasteiger partial charge in [-0.25, -0.2) is 4.79 Å². The highest BCUT2D eigenvalue weighted by Crippen LogP contribution is 2.27. The molecule has 222 valence electrons. The van der Waals surface area contributed by atoms with Crippen molar-refractivity contribution < 1.29 is 19.1 Å². The Balaban J connectivity index is 1.29. The summed E-state index contributed by atoms with van der Waals surface area (Å²) in [7, 11) is 1.26. The van der Waals surface area contributed by atoms with Gasteiger partial charge in [0.15, 0.2) is 0 Å². The van der Waals surface area contributed by atoms with Gasteiger partial charge in [0, 0.05) is 34.3 Å². The standard InChI is InChI=1S/C29H24ClN9O4S/c1-43-29(42)34-28-36-35-27(44-28)19-7-11-22(12-8-19)32-26(41)23(15-18-5-3-2-4-6-18)33-25(40)14-9-20-16-21(30)10-13-24(20)39-17-31-37-38-39/h2-14,16-17,23H,15H2,1H3,(H,32,41)(H,33,40)(H,34,36,42)/b14-9+/t23-/m0/s1. The minimum absolute atomic E-state index is 0.262. The number of carbonyl (C=O) groups excluding carboxylic acids is 3. The number of methoxy groups -OCH3 is 1. The predicted molar refractivity (Wildman–Crippen MR) is 165 cm³/mol. The van der Waals surface area contributed by atoms with E-state index in [9.17, 15) is 14.4 Å². The van der Waals surface area contributed by atoms with E-state index in [0.29, 0.717) is 32.1 Å². The van der Waals surface area contributed by atoms with Gasteiger partial charge in [0.2, 0.25) is 16.9 Å². The maximum Gasteiger partial charge on any atom is 0.413 e. The van der Waals surface area contributed by atoms with Gasteiger partial charge in [-0.1, -0.05) is 53.3 Å². The smallest absolute Gasteiger partial charge is 0.413 e. The van der Waals surface area contributed by atoms with E-state index in [-0.39, 0.29) is 6.42 Å². The molecule has 5 rings (SSSR count). The van der Waals surface area contributed by atoms with Crippen LogP contribution in [0.3, 0.4) is 0 Å². The van der Waals surface area contributed by atoms with Gasteiger partial charge in [0.1, 0.15) is 17.4 Å². The van der Waals surface area contributed by atoms with E-state index < -0.39 is 23.9 Å². The molecule has 0 aliphatic rings. The number of hydrogen-bond donors (Lipinski definition) is 3. The molecule has 2 heterocycles. The Kier molecular flexibility index (Phi) is 9.64. The Bertz CT molecular complexity index is 1780. The van der Waals surface area contributed by atoms with Gasteiger partial charge in [-0.2, -0.15) is 4.68 Å². The normalized spacial score (nSPS) is 11.6. The summed E-state index contributed by atoms with van der Waals surface area (Å²) in [5.41, 5.74) is 3.35. The average molecular weight is 630 g/mol. The molecule has 5 aromatic rings. The van der Waals surface area contributed by atoms with E-state index in [2.05, 4.69) is 46.4 Å². The number of ether oxygens (including phenoxy) is 1. The van der Waals surface area contributed by atoms with Gasteiger partial charge >= 0.3 is 6.09 Å². The molecule has 1 atom stereocenters. The molecule has 15 heteroatoms. The van der Waals surface area contributed by atoms with Crippen LogP contribution in [-0.2, 0) is 20.7 Å². The number of anilines is 2. The molecule has 0 aliphatic heterocycles. The monoisotopic (exact) mass is 629 g/mol. The first kappa shape index (κ1) is 30.0. The third kappa shape index (κ3) is 7.87. The van der Waals surface area contributed by atoms with Crippen LogP contribution < -0.4 is 16.0 Å². The molecule has 3 N–H and O–H groups in total. The second-order valence-corrected chi connectivity index (χ2v) is 10.6. The Morgan fingerprint density at radius 2 is 1.82 bits per heavy atom. The van der Waals surface area contributed by atoms with E-state index in [1.165, 1.54) is 35.5 Å². The van der Waals surface area contributed by atoms with Crippen molar-refractivity contribution in [2.45, 2.75) is 12.5 Å². The maximum absolute atomic E-state index is 13.4. The van der Waals surface area contributed by atoms with E-state index >= 15 is 0 Å². The number of halogens is 1. The third-order valence-electron chi connectivity index (χ3n) is 6.13. The van der Waals surface area contributed by atoms with Gasteiger partial charge in [-0.05, 0) is 64.5 Å². The lowest BCUT2D eigenvalue weighted by Gasteiger charge is -2.18. The summed E-state index contributed by atoms with van der Waals surface area (Å²) >= 11 is 7.35. The fraction of sp³-hybridized carbons (Fsp3) is 0.103. The minimum Gasteiger partial charge on any atom is -0.453 e. The van der Waals surface area contributed by atoms with Crippen molar-refractivity contribution in [1.82, 2.24) is 35.7 Å². The van der Waals surface area contributed by atoms with Crippen LogP contribution in [-0.4, -0.2) is 61.5 Å². The minimum atomic E-state index is -0.886. The first-order valence-electron chi connectivity index (χ1n) is 13.0. The summed E-state index contributed by atoms with van der Waals surface area (Å²) < 4.78 is 6.02. The fourth-order valence-electron chi connectivity index (χ4n) is 4.04. The summed E-state index contributed by atoms with van der Waals surface area (Å²) in [6, 6.07) is 20.5. The lowest BCUT2D eigenvalue weighted by atomic mass is 10.0. The second kappa shape index (κ2) is 14.1. The number of tetrazole rings is 1. The Morgan fingerprint density at radius 1 is 1.02 bits per heavy atom. The number of rotatable bonds is 10. The predicted octanol–water partition coefficient (Wildman–Crippen LogP) is 4.39. The number of amides is 3. The molecule has 0 radical (unpaired) electrons. The fourth-order valence-corrected chi connectivity index (χ4v) is 4.95. The van der Waals surface area contributed by atoms with E-state index in [1.54, 1.807) is 48.5 Å². The highest BCUT2D eigenvalue weighted by molar-refractivity contribution is 7.18. The molecule has 3 amide bonds. The lowest BCUT2D eigenvalue weighted by Crippen LogP contribution is -2.44. The van der Waals surface area contributed by atoms with Crippen molar-refractivity contribution in [2.75, 3.05) is 17.7 Å². The van der Waals surface area contributed by atoms with Gasteiger partial charge in [0.05, 0.1) is 12.8 Å². The molecule has 3 aromatic carbocycles. The molecule has 2 aromatic heterocycles. The first-order chi connectivity index (χ1) is 21.4. The summed E-state index contributed by atoms with van der Waals surface area (Å²) in [4.78, 5) is 37.9. The Hall–Kier alpha value is -5.47. The van der Waals surface area contributed by atoms with Crippen LogP contribution in [0.5, 0.6) is 0 Å². The molecule has 0 spiro atoms. The molecule has 0 saturated carbocycles. The molecule has 0 aliphatic carbocycles. The number of aromatic nitrogens is 6. The van der Waals surface area contributed by atoms with Crippen molar-refractivity contribution >= 4 is 57.7 Å². The van der Waals surface area contributed by atoms with Crippen LogP contribution >= 0.6 is 22.9 Å². The lowest BCUT2D eigenvalue weighted by molar-refractivity contribution is -0.123. The van der Waals surface area contributed by atoms with Crippen molar-refractivity contribution in [1.29, 1.82) is 0 Å². The van der Waals surface area contributed by atoms with E-state index in [1.807, 2.05) is 30.3 Å². The first-order valence-corrected chi connectivity index (χ1v) is 14.2. The number of nitrogens with one attached hydrogen (secondary N) is 3. The molecule has 0 unspecified atom stereocenters. The van der Waals surface area contributed by atoms with Crippen molar-refractivity contribution in [2.24, 2.45) is 0 Å². The summed E-state index contributed by atoms with van der Waals surface area (Å²) in [6.07, 6.45) is 3.95. The second-order valence-electron chi connectivity index (χ2n) is 9.14. The van der Waals surface area contributed by atoms with Crippen LogP contribution in [0.1, 0.15) is 11.1 Å². The SMILES string of the molecule is COC(=O)Nc1nnc(-c2ccc(NC(=O)[C@H](Cc3ccccc3)NC(=O)/C=C/c3cc(Cl)ccc3-n3cnnn3)cc2)s1. The van der Waals surface area contributed by atoms with E-state index in [0.717, 1.165) is 11.1 Å². The zero-order valence-electron chi connectivity index (χ0n) is 23.0. The molecular weight excluding hydrogens is 606 g/mol. The molecular formula is C29H24ClN9O4S. The van der Waals surface area contributed by atoms with Gasteiger partial charge in [-0.3, -0.25) is 14.9 Å². The van der Waals surface area contributed by atoms with Crippen molar-refractivity contribution in [3.05, 3.63) is 101 Å². The largest absolute Gasteiger partial charge is 0.453 e. The van der Waals surface area contributed by atoms with Crippen LogP contribution in [0, 0.1) is 0 Å². The summed E-state index contributed by atoms with van der Waals surface area (Å²) in [6.45, 7) is 0. The molecule has 0 fully saturated rings. The van der Waals surface area contributed by atoms with Gasteiger partial charge in [0.25, 0.3) is 0 Å². The Labute approximate surface area is 259 Å². The zero-order valence-corrected chi connectivity index (χ0v) is 24.6. The number of carbonyl (C=O) groups is 3. The Morgan fingerprint density at radius 3 is 2.55 bits per heavy atom. The number of hydrogen-bond acceptors (Lipinski definition) is 10. The molecule has 44 heavy (non-hydrogen) atoms. The molecule has 13 nitrogen and oxygen atoms in total. The van der Waals surface area contributed by atoms with Crippen LogP contribution in [0.25, 0.3) is 22.3 Å². The van der Waals surface area contributed by atoms with Crippen LogP contribution in [0.2, 0.25) is 5.02 Å². The number of nitrogens with zero attached hydrogens (tertiary/aromatic N) is 6. The topological polar surface area (TPSA) is 166 Å². The maximum atomic E-state index is 13.4. The highest BCUT2D eigenvalue weighted by atomic mass is 35.5. The van der Waals surface area contributed by atoms with Crippen LogP contribution in [0.15, 0.2) is 85.2 Å². The van der Waals surface area contributed by atoms with Gasteiger partial charge < -0.3 is 15.4 Å². The van der Waals surface area contributed by atoms with Crippen molar-refractivity contribution in [3.8, 4) is 16.3 Å².